The van der Waals surface area contributed by atoms with Gasteiger partial charge in [-0.2, -0.15) is 0 Å². The molecule has 3 aromatic rings. The van der Waals surface area contributed by atoms with Crippen LogP contribution in [0, 0.1) is 0 Å². The monoisotopic (exact) mass is 444 g/mol. The van der Waals surface area contributed by atoms with Gasteiger partial charge in [0.15, 0.2) is 0 Å². The fourth-order valence-electron chi connectivity index (χ4n) is 3.75. The van der Waals surface area contributed by atoms with Gasteiger partial charge in [0.25, 0.3) is 5.91 Å². The number of nitrogen functional groups attached to an aromatic ring is 1. The second-order valence-corrected chi connectivity index (χ2v) is 10.1. The number of amides is 1. The van der Waals surface area contributed by atoms with Crippen LogP contribution < -0.4 is 16.2 Å². The highest BCUT2D eigenvalue weighted by atomic mass is 32.2. The molecule has 1 aliphatic rings. The maximum absolute atomic E-state index is 12.7. The Balaban J connectivity index is 1.45. The third-order valence-electron chi connectivity index (χ3n) is 5.41. The first kappa shape index (κ1) is 20.8. The number of anilines is 1. The second kappa shape index (κ2) is 8.33. The summed E-state index contributed by atoms with van der Waals surface area (Å²) in [6.07, 6.45) is 6.09. The Hall–Kier alpha value is -2.49. The number of hydrogen-bond donors (Lipinski definition) is 3. The third kappa shape index (κ3) is 4.33. The van der Waals surface area contributed by atoms with E-state index in [1.54, 1.807) is 12.1 Å². The summed E-state index contributed by atoms with van der Waals surface area (Å²) in [6, 6.07) is 8.42. The maximum atomic E-state index is 12.7. The molecule has 1 aromatic carbocycles. The summed E-state index contributed by atoms with van der Waals surface area (Å²) in [5, 5.41) is 8.86. The fraction of sp³-hybridized carbons (Fsp3) is 0.333. The van der Waals surface area contributed by atoms with Crippen molar-refractivity contribution in [1.29, 1.82) is 0 Å². The van der Waals surface area contributed by atoms with Crippen LogP contribution in [0.25, 0.3) is 10.2 Å². The molecule has 2 aromatic heterocycles. The zero-order valence-electron chi connectivity index (χ0n) is 16.5. The van der Waals surface area contributed by atoms with E-state index in [0.29, 0.717) is 23.5 Å². The lowest BCUT2D eigenvalue weighted by atomic mass is 10.1. The highest BCUT2D eigenvalue weighted by molar-refractivity contribution is 7.89. The predicted molar refractivity (Wildman–Crippen MR) is 119 cm³/mol. The molecule has 9 heteroatoms. The number of benzene rings is 1. The van der Waals surface area contributed by atoms with Gasteiger partial charge in [-0.1, -0.05) is 18.6 Å². The largest absolute Gasteiger partial charge is 0.397 e. The van der Waals surface area contributed by atoms with E-state index < -0.39 is 10.0 Å². The lowest BCUT2D eigenvalue weighted by Gasteiger charge is -2.06. The highest BCUT2D eigenvalue weighted by Crippen LogP contribution is 2.35. The third-order valence-corrected chi connectivity index (χ3v) is 7.45. The molecule has 7 nitrogen and oxygen atoms in total. The molecule has 30 heavy (non-hydrogen) atoms. The zero-order chi connectivity index (χ0) is 21.3. The Morgan fingerprint density at radius 2 is 1.87 bits per heavy atom. The van der Waals surface area contributed by atoms with Crippen molar-refractivity contribution in [3.05, 3.63) is 52.0 Å². The molecule has 2 heterocycles. The van der Waals surface area contributed by atoms with Gasteiger partial charge in [-0.25, -0.2) is 18.5 Å². The molecule has 0 aliphatic heterocycles. The summed E-state index contributed by atoms with van der Waals surface area (Å²) in [5.74, 6) is -0.216. The molecule has 1 aliphatic carbocycles. The van der Waals surface area contributed by atoms with Crippen molar-refractivity contribution >= 4 is 43.2 Å². The van der Waals surface area contributed by atoms with E-state index in [4.69, 9.17) is 15.9 Å². The first-order chi connectivity index (χ1) is 14.3. The van der Waals surface area contributed by atoms with Gasteiger partial charge >= 0.3 is 0 Å². The normalized spacial score (nSPS) is 14.3. The van der Waals surface area contributed by atoms with E-state index >= 15 is 0 Å². The number of hydrogen-bond acceptors (Lipinski definition) is 6. The number of fused-ring (bicyclic) bond motifs is 2. The smallest absolute Gasteiger partial charge is 0.263 e. The van der Waals surface area contributed by atoms with Gasteiger partial charge in [0.2, 0.25) is 10.0 Å². The van der Waals surface area contributed by atoms with Crippen molar-refractivity contribution in [2.75, 3.05) is 12.3 Å². The number of aromatic nitrogens is 1. The van der Waals surface area contributed by atoms with Gasteiger partial charge in [-0.3, -0.25) is 4.79 Å². The molecular formula is C21H24N4O3S2. The van der Waals surface area contributed by atoms with E-state index in [1.165, 1.54) is 35.5 Å². The molecule has 0 saturated carbocycles. The topological polar surface area (TPSA) is 128 Å². The molecule has 0 radical (unpaired) electrons. The first-order valence-corrected chi connectivity index (χ1v) is 12.3. The molecule has 0 saturated heterocycles. The number of nitrogens with two attached hydrogens (primary N) is 2. The number of primary sulfonamides is 1. The number of sulfonamides is 1. The Bertz CT molecular complexity index is 1200. The minimum atomic E-state index is -3.70. The lowest BCUT2D eigenvalue weighted by molar-refractivity contribution is 0.0959. The molecule has 0 spiro atoms. The molecule has 0 fully saturated rings. The summed E-state index contributed by atoms with van der Waals surface area (Å²) in [7, 11) is -3.70. The Morgan fingerprint density at radius 1 is 1.13 bits per heavy atom. The molecule has 1 amide bonds. The van der Waals surface area contributed by atoms with Crippen LogP contribution in [0.2, 0.25) is 0 Å². The molecular weight excluding hydrogens is 420 g/mol. The second-order valence-electron chi connectivity index (χ2n) is 7.55. The number of carbonyl (C=O) groups is 1. The molecule has 4 rings (SSSR count). The van der Waals surface area contributed by atoms with Crippen LogP contribution in [0.4, 0.5) is 5.69 Å². The summed E-state index contributed by atoms with van der Waals surface area (Å²) < 4.78 is 22.6. The minimum absolute atomic E-state index is 0.0687. The van der Waals surface area contributed by atoms with Crippen LogP contribution >= 0.6 is 11.3 Å². The maximum Gasteiger partial charge on any atom is 0.263 e. The van der Waals surface area contributed by atoms with Crippen molar-refractivity contribution in [2.45, 2.75) is 43.4 Å². The predicted octanol–water partition coefficient (Wildman–Crippen LogP) is 2.77. The Labute approximate surface area is 179 Å². The fourth-order valence-corrected chi connectivity index (χ4v) is 5.28. The van der Waals surface area contributed by atoms with Crippen LogP contribution in [0.5, 0.6) is 0 Å². The summed E-state index contributed by atoms with van der Waals surface area (Å²) in [6.45, 7) is 0.408. The average Bonchev–Trinajstić information content (AvgIpc) is 2.88. The number of rotatable bonds is 5. The minimum Gasteiger partial charge on any atom is -0.397 e. The average molecular weight is 445 g/mol. The SMILES string of the molecule is Nc1c(C(=O)NCCc2ccc(S(N)(=O)=O)cc2)sc2nc3c(cc12)CCCCC3. The molecule has 0 bridgehead atoms. The van der Waals surface area contributed by atoms with Gasteiger partial charge in [0.05, 0.1) is 10.6 Å². The van der Waals surface area contributed by atoms with Crippen molar-refractivity contribution in [3.8, 4) is 0 Å². The molecule has 0 unspecified atom stereocenters. The van der Waals surface area contributed by atoms with E-state index in [0.717, 1.165) is 47.2 Å². The Morgan fingerprint density at radius 3 is 2.60 bits per heavy atom. The van der Waals surface area contributed by atoms with Crippen molar-refractivity contribution < 1.29 is 13.2 Å². The lowest BCUT2D eigenvalue weighted by Crippen LogP contribution is -2.25. The van der Waals surface area contributed by atoms with Gasteiger partial charge in [0.1, 0.15) is 9.71 Å². The standard InChI is InChI=1S/C21H24N4O3S2/c22-18-16-12-14-4-2-1-3-5-17(14)25-21(16)29-19(18)20(26)24-11-10-13-6-8-15(9-7-13)30(23,27)28/h6-9,12H,1-5,10-11,22H2,(H,24,26)(H2,23,27,28). The Kier molecular flexibility index (Phi) is 5.77. The number of pyridine rings is 1. The van der Waals surface area contributed by atoms with Crippen LogP contribution in [0.1, 0.15) is 45.8 Å². The van der Waals surface area contributed by atoms with Crippen LogP contribution in [-0.4, -0.2) is 25.9 Å². The van der Waals surface area contributed by atoms with E-state index in [9.17, 15) is 13.2 Å². The van der Waals surface area contributed by atoms with Crippen molar-refractivity contribution in [3.63, 3.8) is 0 Å². The van der Waals surface area contributed by atoms with E-state index in [-0.39, 0.29) is 10.8 Å². The zero-order valence-corrected chi connectivity index (χ0v) is 18.1. The summed E-state index contributed by atoms with van der Waals surface area (Å²) in [5.41, 5.74) is 10.1. The molecule has 158 valence electrons. The van der Waals surface area contributed by atoms with Gasteiger partial charge in [-0.15, -0.1) is 11.3 Å². The van der Waals surface area contributed by atoms with Gasteiger partial charge in [-0.05, 0) is 61.4 Å². The number of nitrogens with one attached hydrogen (secondary N) is 1. The van der Waals surface area contributed by atoms with Crippen LogP contribution in [-0.2, 0) is 29.3 Å². The number of nitrogens with zero attached hydrogens (tertiary/aromatic N) is 1. The van der Waals surface area contributed by atoms with Crippen molar-refractivity contribution in [1.82, 2.24) is 10.3 Å². The summed E-state index contributed by atoms with van der Waals surface area (Å²) in [4.78, 5) is 18.9. The number of aryl methyl sites for hydroxylation is 2. The van der Waals surface area contributed by atoms with Crippen LogP contribution in [0.3, 0.4) is 0 Å². The van der Waals surface area contributed by atoms with Gasteiger partial charge in [0, 0.05) is 17.6 Å². The quantitative estimate of drug-likeness (QED) is 0.521. The molecule has 0 atom stereocenters. The molecule has 5 N–H and O–H groups in total. The van der Waals surface area contributed by atoms with Gasteiger partial charge < -0.3 is 11.1 Å². The summed E-state index contributed by atoms with van der Waals surface area (Å²) >= 11 is 1.33. The van der Waals surface area contributed by atoms with Crippen LogP contribution in [0.15, 0.2) is 35.2 Å². The highest BCUT2D eigenvalue weighted by Gasteiger charge is 2.20. The first-order valence-electron chi connectivity index (χ1n) is 9.93. The number of carbonyl (C=O) groups excluding carboxylic acids is 1. The van der Waals surface area contributed by atoms with Crippen molar-refractivity contribution in [2.24, 2.45) is 5.14 Å². The van der Waals surface area contributed by atoms with E-state index in [1.807, 2.05) is 0 Å². The van der Waals surface area contributed by atoms with E-state index in [2.05, 4.69) is 11.4 Å². The number of thiophene rings is 1.